The molecule has 118 valence electrons. The molecular formula is C18H16BrNO3. The van der Waals surface area contributed by atoms with Crippen LogP contribution >= 0.6 is 15.9 Å². The van der Waals surface area contributed by atoms with Crippen LogP contribution in [-0.2, 0) is 9.53 Å². The normalized spacial score (nSPS) is 10.6. The van der Waals surface area contributed by atoms with Crippen LogP contribution in [0.2, 0.25) is 0 Å². The summed E-state index contributed by atoms with van der Waals surface area (Å²) in [7, 11) is 1.32. The van der Waals surface area contributed by atoms with Crippen molar-refractivity contribution in [2.24, 2.45) is 0 Å². The SMILES string of the molecule is COC(=O)c1ccc(C)c(NC(=O)/C=C/c2cccc(Br)c2)c1. The van der Waals surface area contributed by atoms with Crippen LogP contribution in [0.1, 0.15) is 21.5 Å². The summed E-state index contributed by atoms with van der Waals surface area (Å²) in [5, 5.41) is 2.77. The summed E-state index contributed by atoms with van der Waals surface area (Å²) >= 11 is 3.38. The number of esters is 1. The summed E-state index contributed by atoms with van der Waals surface area (Å²) in [5.41, 5.74) is 2.75. The van der Waals surface area contributed by atoms with E-state index in [9.17, 15) is 9.59 Å². The van der Waals surface area contributed by atoms with E-state index in [2.05, 4.69) is 26.0 Å². The van der Waals surface area contributed by atoms with Crippen molar-refractivity contribution in [2.75, 3.05) is 12.4 Å². The van der Waals surface area contributed by atoms with Crippen LogP contribution in [0, 0.1) is 6.92 Å². The predicted octanol–water partition coefficient (Wildman–Crippen LogP) is 4.20. The van der Waals surface area contributed by atoms with Gasteiger partial charge in [0.25, 0.3) is 0 Å². The number of anilines is 1. The van der Waals surface area contributed by atoms with E-state index in [1.807, 2.05) is 31.2 Å². The molecular weight excluding hydrogens is 358 g/mol. The lowest BCUT2D eigenvalue weighted by Crippen LogP contribution is -2.10. The van der Waals surface area contributed by atoms with Gasteiger partial charge in [-0.3, -0.25) is 4.79 Å². The van der Waals surface area contributed by atoms with Gasteiger partial charge < -0.3 is 10.1 Å². The number of benzene rings is 2. The Labute approximate surface area is 143 Å². The average molecular weight is 374 g/mol. The number of rotatable bonds is 4. The minimum atomic E-state index is -0.440. The maximum absolute atomic E-state index is 12.0. The molecule has 0 aliphatic carbocycles. The molecule has 23 heavy (non-hydrogen) atoms. The van der Waals surface area contributed by atoms with Gasteiger partial charge in [-0.15, -0.1) is 0 Å². The van der Waals surface area contributed by atoms with Crippen LogP contribution in [0.3, 0.4) is 0 Å². The molecule has 0 unspecified atom stereocenters. The Hall–Kier alpha value is -2.40. The quantitative estimate of drug-likeness (QED) is 0.645. The van der Waals surface area contributed by atoms with Crippen molar-refractivity contribution >= 4 is 39.6 Å². The Bertz CT molecular complexity index is 769. The zero-order valence-corrected chi connectivity index (χ0v) is 14.4. The van der Waals surface area contributed by atoms with Crippen LogP contribution in [0.25, 0.3) is 6.08 Å². The van der Waals surface area contributed by atoms with E-state index in [1.54, 1.807) is 24.3 Å². The first-order valence-corrected chi connectivity index (χ1v) is 7.72. The highest BCUT2D eigenvalue weighted by molar-refractivity contribution is 9.10. The first kappa shape index (κ1) is 17.0. The Morgan fingerprint density at radius 1 is 1.17 bits per heavy atom. The van der Waals surface area contributed by atoms with Crippen LogP contribution in [0.4, 0.5) is 5.69 Å². The molecule has 0 fully saturated rings. The highest BCUT2D eigenvalue weighted by atomic mass is 79.9. The molecule has 1 N–H and O–H groups in total. The summed E-state index contributed by atoms with van der Waals surface area (Å²) < 4.78 is 5.63. The molecule has 0 radical (unpaired) electrons. The Morgan fingerprint density at radius 3 is 2.65 bits per heavy atom. The standard InChI is InChI=1S/C18H16BrNO3/c1-12-6-8-14(18(22)23-2)11-16(12)20-17(21)9-7-13-4-3-5-15(19)10-13/h3-11H,1-2H3,(H,20,21)/b9-7+. The molecule has 2 aromatic carbocycles. The molecule has 0 saturated heterocycles. The van der Waals surface area contributed by atoms with Crippen molar-refractivity contribution in [3.05, 3.63) is 69.7 Å². The predicted molar refractivity (Wildman–Crippen MR) is 94.3 cm³/mol. The first-order chi connectivity index (χ1) is 11.0. The molecule has 0 saturated carbocycles. The fraction of sp³-hybridized carbons (Fsp3) is 0.111. The van der Waals surface area contributed by atoms with E-state index >= 15 is 0 Å². The minimum Gasteiger partial charge on any atom is -0.465 e. The third-order valence-corrected chi connectivity index (χ3v) is 3.69. The fourth-order valence-corrected chi connectivity index (χ4v) is 2.38. The van der Waals surface area contributed by atoms with Crippen LogP contribution in [-0.4, -0.2) is 19.0 Å². The zero-order valence-electron chi connectivity index (χ0n) is 12.8. The van der Waals surface area contributed by atoms with E-state index in [1.165, 1.54) is 13.2 Å². The number of carbonyl (C=O) groups excluding carboxylic acids is 2. The number of carbonyl (C=O) groups is 2. The van der Waals surface area contributed by atoms with E-state index in [4.69, 9.17) is 0 Å². The van der Waals surface area contributed by atoms with Crippen molar-refractivity contribution in [3.63, 3.8) is 0 Å². The molecule has 0 spiro atoms. The van der Waals surface area contributed by atoms with E-state index in [0.717, 1.165) is 15.6 Å². The molecule has 2 rings (SSSR count). The van der Waals surface area contributed by atoms with Gasteiger partial charge in [0.1, 0.15) is 0 Å². The lowest BCUT2D eigenvalue weighted by Gasteiger charge is -2.08. The van der Waals surface area contributed by atoms with Gasteiger partial charge in [-0.05, 0) is 48.4 Å². The molecule has 0 atom stereocenters. The van der Waals surface area contributed by atoms with Crippen LogP contribution < -0.4 is 5.32 Å². The Morgan fingerprint density at radius 2 is 1.96 bits per heavy atom. The van der Waals surface area contributed by atoms with Crippen LogP contribution in [0.15, 0.2) is 53.0 Å². The number of halogens is 1. The van der Waals surface area contributed by atoms with Crippen molar-refractivity contribution < 1.29 is 14.3 Å². The summed E-state index contributed by atoms with van der Waals surface area (Å²) in [5.74, 6) is -0.708. The summed E-state index contributed by atoms with van der Waals surface area (Å²) in [6, 6.07) is 12.6. The molecule has 1 amide bonds. The topological polar surface area (TPSA) is 55.4 Å². The second-order valence-electron chi connectivity index (χ2n) is 4.90. The van der Waals surface area contributed by atoms with Crippen molar-refractivity contribution in [2.45, 2.75) is 6.92 Å². The van der Waals surface area contributed by atoms with E-state index in [0.29, 0.717) is 11.3 Å². The summed E-state index contributed by atoms with van der Waals surface area (Å²) in [6.45, 7) is 1.86. The van der Waals surface area contributed by atoms with E-state index in [-0.39, 0.29) is 5.91 Å². The number of ether oxygens (including phenoxy) is 1. The fourth-order valence-electron chi connectivity index (χ4n) is 1.96. The van der Waals surface area contributed by atoms with Crippen molar-refractivity contribution in [1.82, 2.24) is 0 Å². The molecule has 0 aromatic heterocycles. The number of hydrogen-bond acceptors (Lipinski definition) is 3. The molecule has 0 bridgehead atoms. The summed E-state index contributed by atoms with van der Waals surface area (Å²) in [6.07, 6.45) is 3.17. The number of amides is 1. The molecule has 5 heteroatoms. The van der Waals surface area contributed by atoms with Gasteiger partial charge in [0, 0.05) is 16.2 Å². The molecule has 0 aliphatic rings. The first-order valence-electron chi connectivity index (χ1n) is 6.93. The van der Waals surface area contributed by atoms with Gasteiger partial charge >= 0.3 is 5.97 Å². The third kappa shape index (κ3) is 4.79. The van der Waals surface area contributed by atoms with Gasteiger partial charge in [-0.2, -0.15) is 0 Å². The van der Waals surface area contributed by atoms with Gasteiger partial charge in [-0.1, -0.05) is 34.1 Å². The smallest absolute Gasteiger partial charge is 0.337 e. The number of nitrogens with one attached hydrogen (secondary N) is 1. The molecule has 0 aliphatic heterocycles. The van der Waals surface area contributed by atoms with Crippen molar-refractivity contribution in [3.8, 4) is 0 Å². The highest BCUT2D eigenvalue weighted by Gasteiger charge is 2.09. The lowest BCUT2D eigenvalue weighted by molar-refractivity contribution is -0.111. The molecule has 2 aromatic rings. The number of methoxy groups -OCH3 is 1. The molecule has 4 nitrogen and oxygen atoms in total. The van der Waals surface area contributed by atoms with Gasteiger partial charge in [0.05, 0.1) is 12.7 Å². The third-order valence-electron chi connectivity index (χ3n) is 3.19. The lowest BCUT2D eigenvalue weighted by atomic mass is 10.1. The largest absolute Gasteiger partial charge is 0.465 e. The maximum Gasteiger partial charge on any atom is 0.337 e. The second kappa shape index (κ2) is 7.74. The monoisotopic (exact) mass is 373 g/mol. The van der Waals surface area contributed by atoms with Gasteiger partial charge in [-0.25, -0.2) is 4.79 Å². The minimum absolute atomic E-state index is 0.268. The molecule has 0 heterocycles. The van der Waals surface area contributed by atoms with E-state index < -0.39 is 5.97 Å². The Kier molecular flexibility index (Phi) is 5.71. The Balaban J connectivity index is 2.12. The van der Waals surface area contributed by atoms with Gasteiger partial charge in [0.15, 0.2) is 0 Å². The number of hydrogen-bond donors (Lipinski definition) is 1. The highest BCUT2D eigenvalue weighted by Crippen LogP contribution is 2.18. The summed E-state index contributed by atoms with van der Waals surface area (Å²) in [4.78, 5) is 23.6. The average Bonchev–Trinajstić information content (AvgIpc) is 2.54. The number of aryl methyl sites for hydroxylation is 1. The zero-order chi connectivity index (χ0) is 16.8. The van der Waals surface area contributed by atoms with Gasteiger partial charge in [0.2, 0.25) is 5.91 Å². The van der Waals surface area contributed by atoms with Crippen LogP contribution in [0.5, 0.6) is 0 Å². The van der Waals surface area contributed by atoms with Crippen molar-refractivity contribution in [1.29, 1.82) is 0 Å². The second-order valence-corrected chi connectivity index (χ2v) is 5.81. The maximum atomic E-state index is 12.0.